The molecule has 3 heteroatoms. The summed E-state index contributed by atoms with van der Waals surface area (Å²) in [4.78, 5) is 0. The third kappa shape index (κ3) is 1.80. The number of aromatic nitrogens is 2. The molecular formula is C10H15N3. The fourth-order valence-electron chi connectivity index (χ4n) is 1.18. The largest absolute Gasteiger partial charge is 0.399 e. The van der Waals surface area contributed by atoms with Gasteiger partial charge in [-0.15, -0.1) is 0 Å². The maximum atomic E-state index is 5.60. The van der Waals surface area contributed by atoms with Gasteiger partial charge in [0, 0.05) is 18.1 Å². The van der Waals surface area contributed by atoms with Gasteiger partial charge in [0.25, 0.3) is 0 Å². The Hall–Kier alpha value is -1.51. The minimum atomic E-state index is 0.783. The quantitative estimate of drug-likeness (QED) is 0.627. The summed E-state index contributed by atoms with van der Waals surface area (Å²) in [6, 6.07) is 5.77. The molecule has 1 aromatic heterocycles. The van der Waals surface area contributed by atoms with Crippen LogP contribution in [0.2, 0.25) is 0 Å². The van der Waals surface area contributed by atoms with Crippen LogP contribution in [0.3, 0.4) is 0 Å². The number of nitrogens with two attached hydrogens (primary N) is 1. The average molecular weight is 177 g/mol. The van der Waals surface area contributed by atoms with E-state index in [9.17, 15) is 0 Å². The summed E-state index contributed by atoms with van der Waals surface area (Å²) < 4.78 is 1.83. The third-order valence-electron chi connectivity index (χ3n) is 1.77. The van der Waals surface area contributed by atoms with Gasteiger partial charge in [0.2, 0.25) is 0 Å². The van der Waals surface area contributed by atoms with Crippen molar-refractivity contribution in [2.75, 3.05) is 5.73 Å². The van der Waals surface area contributed by atoms with E-state index in [2.05, 4.69) is 5.10 Å². The lowest BCUT2D eigenvalue weighted by atomic mass is 10.2. The SMILES string of the molecule is CC.Cn1ncc2cc(N)ccc21. The van der Waals surface area contributed by atoms with Crippen LogP contribution in [0.25, 0.3) is 10.9 Å². The molecule has 0 fully saturated rings. The lowest BCUT2D eigenvalue weighted by Gasteiger charge is -1.94. The normalized spacial score (nSPS) is 9.46. The van der Waals surface area contributed by atoms with E-state index >= 15 is 0 Å². The van der Waals surface area contributed by atoms with Crippen molar-refractivity contribution in [1.82, 2.24) is 9.78 Å². The highest BCUT2D eigenvalue weighted by Crippen LogP contribution is 2.15. The lowest BCUT2D eigenvalue weighted by Crippen LogP contribution is -1.88. The number of nitrogen functional groups attached to an aromatic ring is 1. The molecule has 0 aliphatic rings. The Morgan fingerprint density at radius 2 is 2.00 bits per heavy atom. The van der Waals surface area contributed by atoms with Gasteiger partial charge in [-0.3, -0.25) is 4.68 Å². The highest BCUT2D eigenvalue weighted by Gasteiger charge is 1.97. The van der Waals surface area contributed by atoms with Gasteiger partial charge in [-0.05, 0) is 18.2 Å². The van der Waals surface area contributed by atoms with E-state index in [-0.39, 0.29) is 0 Å². The van der Waals surface area contributed by atoms with E-state index in [1.165, 1.54) is 0 Å². The summed E-state index contributed by atoms with van der Waals surface area (Å²) in [5.74, 6) is 0. The van der Waals surface area contributed by atoms with Crippen LogP contribution in [-0.4, -0.2) is 9.78 Å². The summed E-state index contributed by atoms with van der Waals surface area (Å²) in [6.45, 7) is 4.00. The van der Waals surface area contributed by atoms with Crippen molar-refractivity contribution in [1.29, 1.82) is 0 Å². The van der Waals surface area contributed by atoms with Crippen molar-refractivity contribution < 1.29 is 0 Å². The number of anilines is 1. The molecule has 0 amide bonds. The summed E-state index contributed by atoms with van der Waals surface area (Å²) in [7, 11) is 1.92. The van der Waals surface area contributed by atoms with Gasteiger partial charge in [0.15, 0.2) is 0 Å². The number of aryl methyl sites for hydroxylation is 1. The molecule has 3 nitrogen and oxygen atoms in total. The molecule has 0 radical (unpaired) electrons. The molecule has 0 aliphatic heterocycles. The lowest BCUT2D eigenvalue weighted by molar-refractivity contribution is 0.797. The van der Waals surface area contributed by atoms with Crippen LogP contribution in [0.15, 0.2) is 24.4 Å². The van der Waals surface area contributed by atoms with Crippen LogP contribution in [-0.2, 0) is 7.05 Å². The Kier molecular flexibility index (Phi) is 2.90. The molecule has 1 aromatic carbocycles. The van der Waals surface area contributed by atoms with Crippen LogP contribution in [0.1, 0.15) is 13.8 Å². The van der Waals surface area contributed by atoms with Crippen molar-refractivity contribution in [2.45, 2.75) is 13.8 Å². The Labute approximate surface area is 78.2 Å². The van der Waals surface area contributed by atoms with E-state index in [0.29, 0.717) is 0 Å². The van der Waals surface area contributed by atoms with E-state index in [0.717, 1.165) is 16.6 Å². The molecule has 0 atom stereocenters. The molecule has 2 N–H and O–H groups in total. The molecule has 0 aliphatic carbocycles. The Morgan fingerprint density at radius 3 is 2.69 bits per heavy atom. The molecule has 2 rings (SSSR count). The molecule has 0 bridgehead atoms. The second-order valence-electron chi connectivity index (χ2n) is 2.59. The second kappa shape index (κ2) is 3.94. The predicted molar refractivity (Wildman–Crippen MR) is 56.5 cm³/mol. The minimum absolute atomic E-state index is 0.783. The van der Waals surface area contributed by atoms with E-state index in [1.807, 2.05) is 50.0 Å². The number of rotatable bonds is 0. The van der Waals surface area contributed by atoms with Gasteiger partial charge in [0.05, 0.1) is 11.7 Å². The number of hydrogen-bond donors (Lipinski definition) is 1. The first kappa shape index (κ1) is 9.58. The first-order valence-corrected chi connectivity index (χ1v) is 4.44. The molecule has 70 valence electrons. The van der Waals surface area contributed by atoms with Crippen LogP contribution in [0, 0.1) is 0 Å². The number of benzene rings is 1. The number of hydrogen-bond acceptors (Lipinski definition) is 2. The van der Waals surface area contributed by atoms with Crippen molar-refractivity contribution in [2.24, 2.45) is 7.05 Å². The second-order valence-corrected chi connectivity index (χ2v) is 2.59. The fraction of sp³-hybridized carbons (Fsp3) is 0.300. The maximum Gasteiger partial charge on any atom is 0.0680 e. The summed E-state index contributed by atoms with van der Waals surface area (Å²) in [5, 5.41) is 5.19. The first-order chi connectivity index (χ1) is 6.27. The van der Waals surface area contributed by atoms with Crippen molar-refractivity contribution in [3.05, 3.63) is 24.4 Å². The van der Waals surface area contributed by atoms with Gasteiger partial charge in [-0.1, -0.05) is 13.8 Å². The summed E-state index contributed by atoms with van der Waals surface area (Å²) in [5.41, 5.74) is 7.49. The van der Waals surface area contributed by atoms with E-state index < -0.39 is 0 Å². The van der Waals surface area contributed by atoms with Gasteiger partial charge < -0.3 is 5.73 Å². The minimum Gasteiger partial charge on any atom is -0.399 e. The molecule has 0 unspecified atom stereocenters. The molecule has 0 spiro atoms. The molecule has 0 saturated carbocycles. The number of fused-ring (bicyclic) bond motifs is 1. The van der Waals surface area contributed by atoms with Gasteiger partial charge >= 0.3 is 0 Å². The van der Waals surface area contributed by atoms with E-state index in [4.69, 9.17) is 5.73 Å². The molecule has 0 saturated heterocycles. The molecular weight excluding hydrogens is 162 g/mol. The van der Waals surface area contributed by atoms with Crippen molar-refractivity contribution in [3.63, 3.8) is 0 Å². The van der Waals surface area contributed by atoms with Gasteiger partial charge in [-0.25, -0.2) is 0 Å². The average Bonchev–Trinajstić information content (AvgIpc) is 2.51. The zero-order valence-electron chi connectivity index (χ0n) is 8.28. The predicted octanol–water partition coefficient (Wildman–Crippen LogP) is 2.18. The van der Waals surface area contributed by atoms with Crippen molar-refractivity contribution >= 4 is 16.6 Å². The zero-order valence-corrected chi connectivity index (χ0v) is 8.28. The fourth-order valence-corrected chi connectivity index (χ4v) is 1.18. The number of nitrogens with zero attached hydrogens (tertiary/aromatic N) is 2. The monoisotopic (exact) mass is 177 g/mol. The first-order valence-electron chi connectivity index (χ1n) is 4.44. The Balaban J connectivity index is 0.000000396. The topological polar surface area (TPSA) is 43.8 Å². The molecule has 2 aromatic rings. The van der Waals surface area contributed by atoms with E-state index in [1.54, 1.807) is 0 Å². The van der Waals surface area contributed by atoms with Crippen LogP contribution < -0.4 is 5.73 Å². The zero-order chi connectivity index (χ0) is 9.84. The van der Waals surface area contributed by atoms with Gasteiger partial charge in [0.1, 0.15) is 0 Å². The van der Waals surface area contributed by atoms with Crippen molar-refractivity contribution in [3.8, 4) is 0 Å². The summed E-state index contributed by atoms with van der Waals surface area (Å²) >= 11 is 0. The highest BCUT2D eigenvalue weighted by molar-refractivity contribution is 5.81. The maximum absolute atomic E-state index is 5.60. The smallest absolute Gasteiger partial charge is 0.0680 e. The van der Waals surface area contributed by atoms with Crippen LogP contribution in [0.5, 0.6) is 0 Å². The Morgan fingerprint density at radius 1 is 1.31 bits per heavy atom. The Bertz CT molecular complexity index is 390. The summed E-state index contributed by atoms with van der Waals surface area (Å²) in [6.07, 6.45) is 1.81. The molecule has 13 heavy (non-hydrogen) atoms. The van der Waals surface area contributed by atoms with Crippen LogP contribution in [0.4, 0.5) is 5.69 Å². The van der Waals surface area contributed by atoms with Crippen LogP contribution >= 0.6 is 0 Å². The third-order valence-corrected chi connectivity index (χ3v) is 1.77. The van der Waals surface area contributed by atoms with Gasteiger partial charge in [-0.2, -0.15) is 5.10 Å². The standard InChI is InChI=1S/C8H9N3.C2H6/c1-11-8-3-2-7(9)4-6(8)5-10-11;1-2/h2-5H,9H2,1H3;1-2H3. The molecule has 1 heterocycles. The highest BCUT2D eigenvalue weighted by atomic mass is 15.2.